The molecule has 3 N–H and O–H groups in total. The van der Waals surface area contributed by atoms with Crippen molar-refractivity contribution in [1.82, 2.24) is 24.5 Å². The minimum Gasteiger partial charge on any atom is -0.365 e. The molecule has 0 bridgehead atoms. The van der Waals surface area contributed by atoms with Gasteiger partial charge in [0, 0.05) is 29.4 Å². The number of nitrogens with two attached hydrogens (primary N) is 1. The first-order valence-electron chi connectivity index (χ1n) is 10.5. The smallest absolute Gasteiger partial charge is 0.365 e. The van der Waals surface area contributed by atoms with Crippen LogP contribution < -0.4 is 11.1 Å². The summed E-state index contributed by atoms with van der Waals surface area (Å²) in [6.07, 6.45) is -7.26. The van der Waals surface area contributed by atoms with Gasteiger partial charge in [0.15, 0.2) is 5.69 Å². The molecule has 0 radical (unpaired) electrons. The number of aromatic nitrogens is 5. The second-order valence-corrected chi connectivity index (χ2v) is 8.81. The van der Waals surface area contributed by atoms with E-state index in [1.807, 2.05) is 0 Å². The van der Waals surface area contributed by atoms with Gasteiger partial charge in [-0.05, 0) is 31.5 Å². The highest BCUT2D eigenvalue weighted by Crippen LogP contribution is 2.44. The number of carbonyl (C=O) groups is 2. The molecule has 0 aromatic carbocycles. The van der Waals surface area contributed by atoms with E-state index in [1.54, 1.807) is 18.5 Å². The summed E-state index contributed by atoms with van der Waals surface area (Å²) in [5.74, 6) is -1.94. The van der Waals surface area contributed by atoms with E-state index in [0.29, 0.717) is 35.2 Å². The molecule has 0 aliphatic carbocycles. The van der Waals surface area contributed by atoms with Crippen molar-refractivity contribution in [3.8, 4) is 11.1 Å². The summed E-state index contributed by atoms with van der Waals surface area (Å²) in [6.45, 7) is 3.17. The molecular weight excluding hydrogens is 528 g/mol. The number of amides is 2. The van der Waals surface area contributed by atoms with Crippen LogP contribution in [0.5, 0.6) is 0 Å². The number of alkyl halides is 6. The number of rotatable bonds is 6. The molecule has 2 amide bonds. The van der Waals surface area contributed by atoms with Gasteiger partial charge in [-0.25, -0.2) is 4.98 Å². The molecule has 4 aromatic heterocycles. The molecule has 0 saturated heterocycles. The monoisotopic (exact) mass is 545 g/mol. The molecular formula is C21H17F6N7O2S. The average Bonchev–Trinajstić information content (AvgIpc) is 3.49. The number of fused-ring (bicyclic) bond motifs is 1. The molecule has 0 atom stereocenters. The number of pyridine rings is 1. The molecule has 37 heavy (non-hydrogen) atoms. The molecule has 0 fully saturated rings. The molecule has 0 unspecified atom stereocenters. The minimum absolute atomic E-state index is 0.00739. The van der Waals surface area contributed by atoms with Gasteiger partial charge in [-0.2, -0.15) is 36.5 Å². The topological polar surface area (TPSA) is 121 Å². The molecule has 0 spiro atoms. The Balaban J connectivity index is 1.86. The highest BCUT2D eigenvalue weighted by Gasteiger charge is 2.36. The maximum atomic E-state index is 13.7. The van der Waals surface area contributed by atoms with Gasteiger partial charge in [0.25, 0.3) is 5.91 Å². The molecule has 196 valence electrons. The second-order valence-electron chi connectivity index (χ2n) is 7.81. The zero-order valence-electron chi connectivity index (χ0n) is 19.0. The number of nitrogens with zero attached hydrogens (tertiary/aromatic N) is 5. The van der Waals surface area contributed by atoms with Crippen LogP contribution >= 0.6 is 11.3 Å². The fourth-order valence-electron chi connectivity index (χ4n) is 3.71. The van der Waals surface area contributed by atoms with E-state index in [1.165, 1.54) is 6.20 Å². The lowest BCUT2D eigenvalue weighted by Gasteiger charge is -2.12. The third-order valence-electron chi connectivity index (χ3n) is 5.37. The first-order chi connectivity index (χ1) is 17.2. The van der Waals surface area contributed by atoms with Crippen LogP contribution in [0.1, 0.15) is 33.7 Å². The molecule has 4 aromatic rings. The van der Waals surface area contributed by atoms with Crippen molar-refractivity contribution in [3.63, 3.8) is 0 Å². The SMILES string of the molecule is CCn1ncc(-c2cc(C(F)(F)F)nc3sc(C(N)=O)c(NC(=O)Cn4ccc(C(F)(F)F)n4)c23)c1C. The van der Waals surface area contributed by atoms with E-state index in [0.717, 1.165) is 16.9 Å². The van der Waals surface area contributed by atoms with Gasteiger partial charge in [-0.15, -0.1) is 11.3 Å². The van der Waals surface area contributed by atoms with Crippen molar-refractivity contribution in [2.24, 2.45) is 5.73 Å². The van der Waals surface area contributed by atoms with Gasteiger partial charge in [0.2, 0.25) is 5.91 Å². The highest BCUT2D eigenvalue weighted by molar-refractivity contribution is 7.21. The van der Waals surface area contributed by atoms with Crippen molar-refractivity contribution in [3.05, 3.63) is 46.5 Å². The summed E-state index contributed by atoms with van der Waals surface area (Å²) in [5, 5.41) is 9.86. The van der Waals surface area contributed by atoms with Crippen LogP contribution in [-0.4, -0.2) is 36.4 Å². The fourth-order valence-corrected chi connectivity index (χ4v) is 4.71. The molecule has 9 nitrogen and oxygen atoms in total. The van der Waals surface area contributed by atoms with Crippen molar-refractivity contribution >= 4 is 39.1 Å². The fraction of sp³-hybridized carbons (Fsp3) is 0.286. The van der Waals surface area contributed by atoms with Crippen molar-refractivity contribution in [1.29, 1.82) is 0 Å². The standard InChI is InChI=1S/C21H17F6N7O2S/c1-3-34-9(2)11(7-29-34)10-6-13(21(25,26)27)30-19-15(10)16(17(37-19)18(28)36)31-14(35)8-33-5-4-12(32-33)20(22,23)24/h4-7H,3,8H2,1-2H3,(H2,28,36)(H,31,35). The molecule has 4 heterocycles. The molecule has 16 heteroatoms. The Hall–Kier alpha value is -3.95. The number of aryl methyl sites for hydroxylation is 1. The van der Waals surface area contributed by atoms with Crippen LogP contribution in [0.2, 0.25) is 0 Å². The highest BCUT2D eigenvalue weighted by atomic mass is 32.1. The van der Waals surface area contributed by atoms with Crippen LogP contribution in [-0.2, 0) is 30.2 Å². The summed E-state index contributed by atoms with van der Waals surface area (Å²) in [4.78, 5) is 28.0. The van der Waals surface area contributed by atoms with E-state index < -0.39 is 42.1 Å². The summed E-state index contributed by atoms with van der Waals surface area (Å²) < 4.78 is 81.7. The summed E-state index contributed by atoms with van der Waals surface area (Å²) in [5.41, 5.74) is 3.59. The van der Waals surface area contributed by atoms with Crippen LogP contribution in [0.25, 0.3) is 21.3 Å². The van der Waals surface area contributed by atoms with Gasteiger partial charge < -0.3 is 11.1 Å². The second kappa shape index (κ2) is 9.17. The van der Waals surface area contributed by atoms with Crippen molar-refractivity contribution < 1.29 is 35.9 Å². The zero-order valence-corrected chi connectivity index (χ0v) is 19.8. The van der Waals surface area contributed by atoms with E-state index in [2.05, 4.69) is 20.5 Å². The number of hydrogen-bond donors (Lipinski definition) is 2. The van der Waals surface area contributed by atoms with Crippen molar-refractivity contribution in [2.75, 3.05) is 5.32 Å². The lowest BCUT2D eigenvalue weighted by Crippen LogP contribution is -2.21. The molecule has 4 rings (SSSR count). The van der Waals surface area contributed by atoms with Gasteiger partial charge in [-0.3, -0.25) is 19.0 Å². The Morgan fingerprint density at radius 2 is 1.78 bits per heavy atom. The third kappa shape index (κ3) is 5.00. The Kier molecular flexibility index (Phi) is 6.47. The predicted octanol–water partition coefficient (Wildman–Crippen LogP) is 4.46. The average molecular weight is 545 g/mol. The molecule has 0 aliphatic heterocycles. The van der Waals surface area contributed by atoms with Crippen LogP contribution in [0.4, 0.5) is 32.0 Å². The Morgan fingerprint density at radius 1 is 1.11 bits per heavy atom. The maximum absolute atomic E-state index is 13.7. The Labute approximate surface area is 207 Å². The maximum Gasteiger partial charge on any atom is 0.435 e. The lowest BCUT2D eigenvalue weighted by molar-refractivity contribution is -0.142. The van der Waals surface area contributed by atoms with E-state index in [9.17, 15) is 35.9 Å². The number of thiophene rings is 1. The van der Waals surface area contributed by atoms with Gasteiger partial charge in [0.1, 0.15) is 21.9 Å². The van der Waals surface area contributed by atoms with Gasteiger partial charge in [0.05, 0.1) is 11.9 Å². The number of carbonyl (C=O) groups excluding carboxylic acids is 2. The Bertz CT molecular complexity index is 1520. The zero-order chi connectivity index (χ0) is 27.3. The predicted molar refractivity (Wildman–Crippen MR) is 121 cm³/mol. The van der Waals surface area contributed by atoms with Crippen LogP contribution in [0.3, 0.4) is 0 Å². The largest absolute Gasteiger partial charge is 0.435 e. The van der Waals surface area contributed by atoms with Gasteiger partial charge >= 0.3 is 12.4 Å². The summed E-state index contributed by atoms with van der Waals surface area (Å²) >= 11 is 0.547. The van der Waals surface area contributed by atoms with E-state index in [4.69, 9.17) is 5.73 Å². The number of halogens is 6. The third-order valence-corrected chi connectivity index (χ3v) is 6.47. The Morgan fingerprint density at radius 3 is 2.32 bits per heavy atom. The first-order valence-corrected chi connectivity index (χ1v) is 11.3. The first kappa shape index (κ1) is 26.1. The number of nitrogens with one attached hydrogen (secondary N) is 1. The number of hydrogen-bond acceptors (Lipinski definition) is 6. The lowest BCUT2D eigenvalue weighted by atomic mass is 10.0. The molecule has 0 saturated carbocycles. The van der Waals surface area contributed by atoms with Crippen molar-refractivity contribution in [2.45, 2.75) is 39.3 Å². The van der Waals surface area contributed by atoms with E-state index in [-0.39, 0.29) is 26.3 Å². The molecule has 0 aliphatic rings. The summed E-state index contributed by atoms with van der Waals surface area (Å²) in [7, 11) is 0. The quantitative estimate of drug-likeness (QED) is 0.347. The minimum atomic E-state index is -4.83. The van der Waals surface area contributed by atoms with E-state index >= 15 is 0 Å². The van der Waals surface area contributed by atoms with Gasteiger partial charge in [-0.1, -0.05) is 0 Å². The summed E-state index contributed by atoms with van der Waals surface area (Å²) in [6, 6.07) is 1.46. The number of anilines is 1. The number of primary amides is 1. The normalized spacial score (nSPS) is 12.3. The van der Waals surface area contributed by atoms with Crippen LogP contribution in [0.15, 0.2) is 24.5 Å². The van der Waals surface area contributed by atoms with Crippen LogP contribution in [0, 0.1) is 6.92 Å².